The summed E-state index contributed by atoms with van der Waals surface area (Å²) in [7, 11) is 2.17. The first kappa shape index (κ1) is 20.0. The van der Waals surface area contributed by atoms with E-state index in [1.54, 1.807) is 0 Å². The third-order valence-electron chi connectivity index (χ3n) is 4.20. The van der Waals surface area contributed by atoms with Crippen LogP contribution in [0.2, 0.25) is 0 Å². The summed E-state index contributed by atoms with van der Waals surface area (Å²) in [6.07, 6.45) is -0.362. The number of hydrogen-bond acceptors (Lipinski definition) is 3. The average molecular weight is 363 g/mol. The van der Waals surface area contributed by atoms with Gasteiger partial charge in [-0.25, -0.2) is 9.18 Å². The molecule has 5 nitrogen and oxygen atoms in total. The third kappa shape index (κ3) is 6.14. The molecule has 0 aromatic rings. The molecule has 10 heteroatoms. The number of fused-ring (bicyclic) bond motifs is 2. The molecule has 2 bridgehead atoms. The zero-order valence-electron chi connectivity index (χ0n) is 12.4. The highest BCUT2D eigenvalue weighted by Crippen LogP contribution is 2.36. The quantitative estimate of drug-likeness (QED) is 0.596. The molecule has 2 aliphatic heterocycles. The molecule has 23 heavy (non-hydrogen) atoms. The number of carbonyl (C=O) groups is 2. The molecule has 2 saturated heterocycles. The van der Waals surface area contributed by atoms with E-state index in [1.807, 2.05) is 0 Å². The van der Waals surface area contributed by atoms with Gasteiger partial charge in [0.2, 0.25) is 0 Å². The lowest BCUT2D eigenvalue weighted by Crippen LogP contribution is -2.44. The van der Waals surface area contributed by atoms with E-state index < -0.39 is 23.7 Å². The number of carboxylic acids is 1. The van der Waals surface area contributed by atoms with E-state index in [4.69, 9.17) is 21.5 Å². The van der Waals surface area contributed by atoms with Crippen molar-refractivity contribution in [2.45, 2.75) is 49.6 Å². The third-order valence-corrected chi connectivity index (χ3v) is 4.40. The van der Waals surface area contributed by atoms with Crippen LogP contribution in [0, 0.1) is 5.92 Å². The van der Waals surface area contributed by atoms with Crippen molar-refractivity contribution in [3.05, 3.63) is 0 Å². The van der Waals surface area contributed by atoms with E-state index in [0.717, 1.165) is 12.8 Å². The summed E-state index contributed by atoms with van der Waals surface area (Å²) in [6, 6.07) is 1.30. The Kier molecular flexibility index (Phi) is 7.06. The van der Waals surface area contributed by atoms with Crippen LogP contribution in [0.3, 0.4) is 0 Å². The molecule has 2 N–H and O–H groups in total. The van der Waals surface area contributed by atoms with Gasteiger partial charge in [0.15, 0.2) is 0 Å². The number of nitrogens with zero attached hydrogens (tertiary/aromatic N) is 1. The molecule has 134 valence electrons. The minimum absolute atomic E-state index is 0.480. The van der Waals surface area contributed by atoms with Crippen molar-refractivity contribution < 1.29 is 32.3 Å². The van der Waals surface area contributed by atoms with Gasteiger partial charge in [-0.1, -0.05) is 11.6 Å². The molecule has 0 aromatic carbocycles. The van der Waals surface area contributed by atoms with E-state index >= 15 is 0 Å². The Morgan fingerprint density at radius 1 is 1.30 bits per heavy atom. The van der Waals surface area contributed by atoms with Crippen molar-refractivity contribution >= 4 is 23.5 Å². The lowest BCUT2D eigenvalue weighted by atomic mass is 9.91. The van der Waals surface area contributed by atoms with E-state index in [9.17, 15) is 22.4 Å². The summed E-state index contributed by atoms with van der Waals surface area (Å²) < 4.78 is 44.2. The van der Waals surface area contributed by atoms with Gasteiger partial charge in [0.1, 0.15) is 0 Å². The largest absolute Gasteiger partial charge is 0.490 e. The molecule has 0 radical (unpaired) electrons. The molecular weight excluding hydrogens is 344 g/mol. The second-order valence-electron chi connectivity index (χ2n) is 5.74. The fourth-order valence-electron chi connectivity index (χ4n) is 3.01. The number of piperidine rings is 1. The van der Waals surface area contributed by atoms with Gasteiger partial charge in [0.05, 0.1) is 0 Å². The maximum absolute atomic E-state index is 12.4. The van der Waals surface area contributed by atoms with Gasteiger partial charge in [0.25, 0.3) is 11.5 Å². The topological polar surface area (TPSA) is 69.6 Å². The molecule has 0 aromatic heterocycles. The number of hydrogen-bond donors (Lipinski definition) is 2. The Bertz CT molecular complexity index is 420. The highest BCUT2D eigenvalue weighted by molar-refractivity contribution is 6.29. The van der Waals surface area contributed by atoms with Gasteiger partial charge in [-0.05, 0) is 38.6 Å². The van der Waals surface area contributed by atoms with E-state index in [-0.39, 0.29) is 0 Å². The average Bonchev–Trinajstić information content (AvgIpc) is 2.66. The van der Waals surface area contributed by atoms with E-state index in [0.29, 0.717) is 24.5 Å². The number of rotatable bonds is 3. The first-order valence-corrected chi connectivity index (χ1v) is 7.54. The van der Waals surface area contributed by atoms with Crippen molar-refractivity contribution in [1.29, 1.82) is 0 Å². The van der Waals surface area contributed by atoms with Crippen LogP contribution in [0.15, 0.2) is 0 Å². The lowest BCUT2D eigenvalue weighted by molar-refractivity contribution is -0.192. The molecule has 2 rings (SSSR count). The summed E-state index contributed by atoms with van der Waals surface area (Å²) >= 11 is 5.05. The van der Waals surface area contributed by atoms with Gasteiger partial charge in [0, 0.05) is 18.6 Å². The molecular formula is C13H19ClF4N2O3. The molecule has 2 heterocycles. The van der Waals surface area contributed by atoms with E-state index in [2.05, 4.69) is 17.3 Å². The van der Waals surface area contributed by atoms with Gasteiger partial charge >= 0.3 is 12.1 Å². The summed E-state index contributed by atoms with van der Waals surface area (Å²) in [5, 5.41) is 9.70. The van der Waals surface area contributed by atoms with Crippen LogP contribution in [-0.4, -0.2) is 59.4 Å². The minimum atomic E-state index is -5.08. The number of aliphatic carboxylic acids is 1. The second kappa shape index (κ2) is 8.14. The zero-order valence-corrected chi connectivity index (χ0v) is 13.2. The van der Waals surface area contributed by atoms with Crippen molar-refractivity contribution in [1.82, 2.24) is 10.2 Å². The predicted molar refractivity (Wildman–Crippen MR) is 74.7 cm³/mol. The number of carbonyl (C=O) groups excluding carboxylic acids is 1. The normalized spacial score (nSPS) is 28.5. The van der Waals surface area contributed by atoms with Crippen LogP contribution < -0.4 is 5.32 Å². The van der Waals surface area contributed by atoms with Crippen molar-refractivity contribution in [2.24, 2.45) is 5.92 Å². The second-order valence-corrected chi connectivity index (χ2v) is 6.12. The predicted octanol–water partition coefficient (Wildman–Crippen LogP) is 2.14. The number of alkyl halides is 5. The first-order valence-electron chi connectivity index (χ1n) is 7.10. The lowest BCUT2D eigenvalue weighted by Gasteiger charge is -2.36. The van der Waals surface area contributed by atoms with Gasteiger partial charge in [-0.15, -0.1) is 0 Å². The fourth-order valence-corrected chi connectivity index (χ4v) is 3.09. The van der Waals surface area contributed by atoms with Gasteiger partial charge < -0.3 is 15.3 Å². The van der Waals surface area contributed by atoms with Crippen molar-refractivity contribution in [3.63, 3.8) is 0 Å². The van der Waals surface area contributed by atoms with Crippen LogP contribution >= 0.6 is 11.6 Å². The molecule has 4 atom stereocenters. The molecule has 0 saturated carbocycles. The standard InChI is InChI=1S/C11H18ClFN2O.C2HF3O2/c1-15-8-2-3-9(15)5-7(4-8)6-14-11(16)10(12)13;3-2(4,5)1(6)7/h7-10H,2-6H2,1H3,(H,14,16);(H,6,7)/t7?,8-,9+,10?;. The molecule has 2 aliphatic rings. The Morgan fingerprint density at radius 2 is 1.74 bits per heavy atom. The number of nitrogens with one attached hydrogen (secondary N) is 1. The smallest absolute Gasteiger partial charge is 0.475 e. The SMILES string of the molecule is CN1[C@@H]2CC[C@H]1CC(CNC(=O)C(F)Cl)C2.O=C(O)C(F)(F)F. The van der Waals surface area contributed by atoms with Gasteiger partial charge in [-0.2, -0.15) is 13.2 Å². The number of amides is 1. The summed E-state index contributed by atoms with van der Waals surface area (Å²) in [5.74, 6) is -2.98. The summed E-state index contributed by atoms with van der Waals surface area (Å²) in [4.78, 5) is 22.3. The van der Waals surface area contributed by atoms with Crippen molar-refractivity contribution in [2.75, 3.05) is 13.6 Å². The van der Waals surface area contributed by atoms with Crippen LogP contribution in [0.25, 0.3) is 0 Å². The highest BCUT2D eigenvalue weighted by Gasteiger charge is 2.39. The molecule has 0 spiro atoms. The first-order chi connectivity index (χ1) is 10.5. The highest BCUT2D eigenvalue weighted by atomic mass is 35.5. The molecule has 2 unspecified atom stereocenters. The Morgan fingerprint density at radius 3 is 2.09 bits per heavy atom. The Balaban J connectivity index is 0.000000322. The Labute approximate surface area is 136 Å². The Hall–Kier alpha value is -1.09. The van der Waals surface area contributed by atoms with E-state index in [1.165, 1.54) is 12.8 Å². The monoisotopic (exact) mass is 362 g/mol. The summed E-state index contributed by atoms with van der Waals surface area (Å²) in [5.41, 5.74) is -1.91. The zero-order chi connectivity index (χ0) is 17.8. The van der Waals surface area contributed by atoms with Crippen LogP contribution in [0.5, 0.6) is 0 Å². The molecule has 2 fully saturated rings. The van der Waals surface area contributed by atoms with Crippen molar-refractivity contribution in [3.8, 4) is 0 Å². The maximum atomic E-state index is 12.4. The molecule has 1 amide bonds. The summed E-state index contributed by atoms with van der Waals surface area (Å²) in [6.45, 7) is 0.562. The fraction of sp³-hybridized carbons (Fsp3) is 0.846. The molecule has 0 aliphatic carbocycles. The number of carboxylic acid groups (broad SMARTS) is 1. The van der Waals surface area contributed by atoms with Crippen LogP contribution in [0.4, 0.5) is 17.6 Å². The number of halogens is 5. The minimum Gasteiger partial charge on any atom is -0.475 e. The van der Waals surface area contributed by atoms with Gasteiger partial charge in [-0.3, -0.25) is 4.79 Å². The van der Waals surface area contributed by atoms with Crippen LogP contribution in [-0.2, 0) is 9.59 Å². The van der Waals surface area contributed by atoms with Crippen LogP contribution in [0.1, 0.15) is 25.7 Å². The maximum Gasteiger partial charge on any atom is 0.490 e.